The van der Waals surface area contributed by atoms with Crippen LogP contribution < -0.4 is 10.1 Å². The number of ether oxygens (including phenoxy) is 1. The summed E-state index contributed by atoms with van der Waals surface area (Å²) in [6.07, 6.45) is 0. The van der Waals surface area contributed by atoms with Crippen molar-refractivity contribution in [2.75, 3.05) is 13.2 Å². The van der Waals surface area contributed by atoms with Gasteiger partial charge in [-0.05, 0) is 62.5 Å². The number of hydrogen-bond donors (Lipinski definition) is 1. The van der Waals surface area contributed by atoms with Crippen molar-refractivity contribution in [3.63, 3.8) is 0 Å². The Balaban J connectivity index is 1.77. The highest BCUT2D eigenvalue weighted by molar-refractivity contribution is 9.13. The molecule has 0 atom stereocenters. The average Bonchev–Trinajstić information content (AvgIpc) is 2.75. The molecule has 0 fully saturated rings. The standard InChI is InChI=1S/C14H13Br2NO2S/c1-9-3-2-4-10(7-9)19-6-5-17-14(18)12-8-11(15)13(16)20-12/h2-4,7-8H,5-6H2,1H3,(H,17,18). The van der Waals surface area contributed by atoms with E-state index in [1.54, 1.807) is 6.07 Å². The SMILES string of the molecule is Cc1cccc(OCCNC(=O)c2cc(Br)c(Br)s2)c1. The minimum atomic E-state index is -0.0887. The molecular formula is C14H13Br2NO2S. The minimum absolute atomic E-state index is 0.0887. The van der Waals surface area contributed by atoms with Gasteiger partial charge in [-0.15, -0.1) is 11.3 Å². The molecule has 0 saturated heterocycles. The molecule has 1 aromatic heterocycles. The predicted octanol–water partition coefficient (Wildman–Crippen LogP) is 4.39. The smallest absolute Gasteiger partial charge is 0.261 e. The van der Waals surface area contributed by atoms with Crippen molar-refractivity contribution in [3.8, 4) is 5.75 Å². The molecule has 1 N–H and O–H groups in total. The Morgan fingerprint density at radius 1 is 1.35 bits per heavy atom. The molecule has 1 amide bonds. The van der Waals surface area contributed by atoms with Crippen molar-refractivity contribution in [1.82, 2.24) is 5.32 Å². The van der Waals surface area contributed by atoms with Crippen LogP contribution in [0.4, 0.5) is 0 Å². The van der Waals surface area contributed by atoms with E-state index in [-0.39, 0.29) is 5.91 Å². The molecule has 0 saturated carbocycles. The van der Waals surface area contributed by atoms with E-state index in [2.05, 4.69) is 37.2 Å². The van der Waals surface area contributed by atoms with Gasteiger partial charge in [-0.25, -0.2) is 0 Å². The number of thiophene rings is 1. The second kappa shape index (κ2) is 7.24. The number of benzene rings is 1. The maximum absolute atomic E-state index is 11.9. The van der Waals surface area contributed by atoms with Crippen molar-refractivity contribution in [2.45, 2.75) is 6.92 Å². The van der Waals surface area contributed by atoms with E-state index >= 15 is 0 Å². The highest BCUT2D eigenvalue weighted by Crippen LogP contribution is 2.32. The molecule has 0 aliphatic heterocycles. The number of rotatable bonds is 5. The van der Waals surface area contributed by atoms with Crippen molar-refractivity contribution in [2.24, 2.45) is 0 Å². The summed E-state index contributed by atoms with van der Waals surface area (Å²) in [6.45, 7) is 2.93. The summed E-state index contributed by atoms with van der Waals surface area (Å²) in [5.41, 5.74) is 1.15. The topological polar surface area (TPSA) is 38.3 Å². The van der Waals surface area contributed by atoms with E-state index < -0.39 is 0 Å². The quantitative estimate of drug-likeness (QED) is 0.731. The summed E-state index contributed by atoms with van der Waals surface area (Å²) in [4.78, 5) is 12.5. The van der Waals surface area contributed by atoms with Crippen LogP contribution in [0.15, 0.2) is 38.6 Å². The zero-order chi connectivity index (χ0) is 14.5. The Bertz CT molecular complexity index is 593. The molecule has 1 heterocycles. The van der Waals surface area contributed by atoms with Crippen LogP contribution in [0.5, 0.6) is 5.75 Å². The Hall–Kier alpha value is -0.850. The number of carbonyl (C=O) groups is 1. The van der Waals surface area contributed by atoms with Gasteiger partial charge in [-0.1, -0.05) is 12.1 Å². The highest BCUT2D eigenvalue weighted by Gasteiger charge is 2.11. The van der Waals surface area contributed by atoms with Gasteiger partial charge >= 0.3 is 0 Å². The summed E-state index contributed by atoms with van der Waals surface area (Å²) in [6, 6.07) is 9.63. The van der Waals surface area contributed by atoms with Crippen molar-refractivity contribution < 1.29 is 9.53 Å². The first kappa shape index (κ1) is 15.5. The third kappa shape index (κ3) is 4.33. The lowest BCUT2D eigenvalue weighted by Gasteiger charge is -2.07. The molecule has 0 radical (unpaired) electrons. The molecule has 0 bridgehead atoms. The van der Waals surface area contributed by atoms with E-state index in [4.69, 9.17) is 4.74 Å². The Kier molecular flexibility index (Phi) is 5.63. The number of halogens is 2. The molecule has 1 aromatic carbocycles. The highest BCUT2D eigenvalue weighted by atomic mass is 79.9. The van der Waals surface area contributed by atoms with E-state index in [1.165, 1.54) is 11.3 Å². The van der Waals surface area contributed by atoms with Crippen LogP contribution in [-0.2, 0) is 0 Å². The van der Waals surface area contributed by atoms with Gasteiger partial charge in [0.15, 0.2) is 0 Å². The molecule has 0 spiro atoms. The first-order chi connectivity index (χ1) is 9.56. The zero-order valence-electron chi connectivity index (χ0n) is 10.8. The fraction of sp³-hybridized carbons (Fsp3) is 0.214. The molecule has 0 aliphatic rings. The normalized spacial score (nSPS) is 10.3. The van der Waals surface area contributed by atoms with E-state index in [9.17, 15) is 4.79 Å². The number of nitrogens with one attached hydrogen (secondary N) is 1. The van der Waals surface area contributed by atoms with Crippen LogP contribution in [0.25, 0.3) is 0 Å². The summed E-state index contributed by atoms with van der Waals surface area (Å²) in [5.74, 6) is 0.732. The van der Waals surface area contributed by atoms with E-state index in [1.807, 2.05) is 31.2 Å². The van der Waals surface area contributed by atoms with Crippen molar-refractivity contribution in [3.05, 3.63) is 49.0 Å². The summed E-state index contributed by atoms with van der Waals surface area (Å²) < 4.78 is 7.38. The molecule has 2 aromatic rings. The van der Waals surface area contributed by atoms with Gasteiger partial charge in [0.2, 0.25) is 0 Å². The van der Waals surface area contributed by atoms with E-state index in [0.717, 1.165) is 19.6 Å². The van der Waals surface area contributed by atoms with Crippen LogP contribution in [0.1, 0.15) is 15.2 Å². The third-order valence-corrected chi connectivity index (χ3v) is 5.77. The molecule has 0 aliphatic carbocycles. The van der Waals surface area contributed by atoms with Gasteiger partial charge in [0.05, 0.1) is 15.2 Å². The van der Waals surface area contributed by atoms with Crippen LogP contribution >= 0.6 is 43.2 Å². The lowest BCUT2D eigenvalue weighted by molar-refractivity contribution is 0.0951. The largest absolute Gasteiger partial charge is 0.492 e. The maximum atomic E-state index is 11.9. The minimum Gasteiger partial charge on any atom is -0.492 e. The summed E-state index contributed by atoms with van der Waals surface area (Å²) >= 11 is 8.13. The van der Waals surface area contributed by atoms with Gasteiger partial charge in [0.1, 0.15) is 12.4 Å². The van der Waals surface area contributed by atoms with Gasteiger partial charge in [0, 0.05) is 4.47 Å². The molecule has 0 unspecified atom stereocenters. The van der Waals surface area contributed by atoms with Gasteiger partial charge in [-0.3, -0.25) is 4.79 Å². The van der Waals surface area contributed by atoms with E-state index in [0.29, 0.717) is 18.0 Å². The number of hydrogen-bond acceptors (Lipinski definition) is 3. The first-order valence-electron chi connectivity index (χ1n) is 5.99. The molecule has 3 nitrogen and oxygen atoms in total. The number of carbonyl (C=O) groups excluding carboxylic acids is 1. The predicted molar refractivity (Wildman–Crippen MR) is 88.7 cm³/mol. The Morgan fingerprint density at radius 3 is 2.80 bits per heavy atom. The second-order valence-electron chi connectivity index (χ2n) is 4.15. The molecule has 106 valence electrons. The average molecular weight is 419 g/mol. The Labute approximate surface area is 138 Å². The lowest BCUT2D eigenvalue weighted by atomic mass is 10.2. The third-order valence-electron chi connectivity index (χ3n) is 2.51. The number of aryl methyl sites for hydroxylation is 1. The Morgan fingerprint density at radius 2 is 2.15 bits per heavy atom. The van der Waals surface area contributed by atoms with Gasteiger partial charge in [0.25, 0.3) is 5.91 Å². The van der Waals surface area contributed by atoms with Crippen LogP contribution in [0.3, 0.4) is 0 Å². The summed E-state index contributed by atoms with van der Waals surface area (Å²) in [5, 5.41) is 2.83. The van der Waals surface area contributed by atoms with Gasteiger partial charge < -0.3 is 10.1 Å². The van der Waals surface area contributed by atoms with Crippen molar-refractivity contribution in [1.29, 1.82) is 0 Å². The molecule has 6 heteroatoms. The summed E-state index contributed by atoms with van der Waals surface area (Å²) in [7, 11) is 0. The second-order valence-corrected chi connectivity index (χ2v) is 7.38. The maximum Gasteiger partial charge on any atom is 0.261 e. The number of amides is 1. The fourth-order valence-corrected chi connectivity index (χ4v) is 3.54. The molecular weight excluding hydrogens is 406 g/mol. The van der Waals surface area contributed by atoms with Crippen molar-refractivity contribution >= 4 is 49.1 Å². The monoisotopic (exact) mass is 417 g/mol. The van der Waals surface area contributed by atoms with Crippen LogP contribution in [-0.4, -0.2) is 19.1 Å². The lowest BCUT2D eigenvalue weighted by Crippen LogP contribution is -2.27. The first-order valence-corrected chi connectivity index (χ1v) is 8.39. The fourth-order valence-electron chi connectivity index (χ4n) is 1.58. The van der Waals surface area contributed by atoms with Gasteiger partial charge in [-0.2, -0.15) is 0 Å². The van der Waals surface area contributed by atoms with Crippen LogP contribution in [0, 0.1) is 6.92 Å². The molecule has 20 heavy (non-hydrogen) atoms. The van der Waals surface area contributed by atoms with Crippen LogP contribution in [0.2, 0.25) is 0 Å². The molecule has 2 rings (SSSR count). The zero-order valence-corrected chi connectivity index (χ0v) is 14.8.